The lowest BCUT2D eigenvalue weighted by Gasteiger charge is -2.34. The number of amides is 2. The van der Waals surface area contributed by atoms with Crippen molar-refractivity contribution in [2.24, 2.45) is 13.0 Å². The molecule has 1 aliphatic heterocycles. The molecule has 1 aromatic heterocycles. The predicted octanol–water partition coefficient (Wildman–Crippen LogP) is 0.212. The van der Waals surface area contributed by atoms with E-state index in [1.165, 1.54) is 0 Å². The van der Waals surface area contributed by atoms with Gasteiger partial charge in [0, 0.05) is 7.05 Å². The monoisotopic (exact) mass is 264 g/mol. The Morgan fingerprint density at radius 1 is 1.47 bits per heavy atom. The van der Waals surface area contributed by atoms with Crippen LogP contribution in [0.3, 0.4) is 0 Å². The zero-order valence-electron chi connectivity index (χ0n) is 11.8. The third-order valence-electron chi connectivity index (χ3n) is 3.35. The van der Waals surface area contributed by atoms with Crippen molar-refractivity contribution in [3.8, 4) is 0 Å². The Morgan fingerprint density at radius 2 is 2.16 bits per heavy atom. The molecule has 6 nitrogen and oxygen atoms in total. The Labute approximate surface area is 112 Å². The van der Waals surface area contributed by atoms with E-state index >= 15 is 0 Å². The quantitative estimate of drug-likeness (QED) is 0.848. The van der Waals surface area contributed by atoms with E-state index < -0.39 is 6.04 Å². The molecule has 0 saturated carbocycles. The van der Waals surface area contributed by atoms with Crippen LogP contribution in [-0.4, -0.2) is 39.1 Å². The number of carbonyl (C=O) groups is 2. The summed E-state index contributed by atoms with van der Waals surface area (Å²) < 4.78 is 1.75. The van der Waals surface area contributed by atoms with Crippen LogP contribution in [0.5, 0.6) is 0 Å². The summed E-state index contributed by atoms with van der Waals surface area (Å²) in [6, 6.07) is 1.51. The van der Waals surface area contributed by atoms with Crippen LogP contribution >= 0.6 is 0 Å². The molecular weight excluding hydrogens is 244 g/mol. The minimum atomic E-state index is -0.421. The van der Waals surface area contributed by atoms with Gasteiger partial charge in [-0.05, 0) is 18.9 Å². The van der Waals surface area contributed by atoms with Crippen LogP contribution in [0.2, 0.25) is 0 Å². The van der Waals surface area contributed by atoms with Gasteiger partial charge in [-0.25, -0.2) is 0 Å². The van der Waals surface area contributed by atoms with Gasteiger partial charge in [0.25, 0.3) is 0 Å². The largest absolute Gasteiger partial charge is 0.343 e. The van der Waals surface area contributed by atoms with Gasteiger partial charge in [0.2, 0.25) is 11.8 Å². The van der Waals surface area contributed by atoms with E-state index in [9.17, 15) is 9.59 Å². The van der Waals surface area contributed by atoms with Crippen LogP contribution in [0.1, 0.15) is 25.2 Å². The standard InChI is InChI=1S/C13H20N4O2/c1-8(2)12-13(19)17(7-11(18)14-12)6-10-5-9(3)15-16(10)4/h5,8,12H,6-7H2,1-4H3,(H,14,18). The summed E-state index contributed by atoms with van der Waals surface area (Å²) in [7, 11) is 1.84. The molecule has 2 amide bonds. The van der Waals surface area contributed by atoms with E-state index in [4.69, 9.17) is 0 Å². The summed E-state index contributed by atoms with van der Waals surface area (Å²) in [5.41, 5.74) is 1.84. The molecule has 1 aliphatic rings. The number of piperazine rings is 1. The topological polar surface area (TPSA) is 67.2 Å². The van der Waals surface area contributed by atoms with Gasteiger partial charge >= 0.3 is 0 Å². The third kappa shape index (κ3) is 2.77. The van der Waals surface area contributed by atoms with Gasteiger partial charge in [0.1, 0.15) is 12.6 Å². The van der Waals surface area contributed by atoms with Crippen LogP contribution in [0.15, 0.2) is 6.07 Å². The Hall–Kier alpha value is -1.85. The lowest BCUT2D eigenvalue weighted by Crippen LogP contribution is -2.59. The minimum absolute atomic E-state index is 0.0200. The van der Waals surface area contributed by atoms with Crippen molar-refractivity contribution in [1.29, 1.82) is 0 Å². The highest BCUT2D eigenvalue weighted by Crippen LogP contribution is 2.14. The molecule has 1 unspecified atom stereocenters. The second-order valence-electron chi connectivity index (χ2n) is 5.38. The number of hydrogen-bond donors (Lipinski definition) is 1. The molecule has 1 fully saturated rings. The van der Waals surface area contributed by atoms with E-state index in [2.05, 4.69) is 10.4 Å². The van der Waals surface area contributed by atoms with Crippen molar-refractivity contribution in [3.63, 3.8) is 0 Å². The molecule has 0 aromatic carbocycles. The number of carbonyl (C=O) groups excluding carboxylic acids is 2. The Bertz CT molecular complexity index is 507. The highest BCUT2D eigenvalue weighted by Gasteiger charge is 2.34. The molecule has 6 heteroatoms. The number of nitrogens with zero attached hydrogens (tertiary/aromatic N) is 3. The molecule has 1 aromatic rings. The smallest absolute Gasteiger partial charge is 0.246 e. The third-order valence-corrected chi connectivity index (χ3v) is 3.35. The minimum Gasteiger partial charge on any atom is -0.343 e. The van der Waals surface area contributed by atoms with Gasteiger partial charge in [-0.15, -0.1) is 0 Å². The van der Waals surface area contributed by atoms with Crippen LogP contribution < -0.4 is 5.32 Å². The lowest BCUT2D eigenvalue weighted by atomic mass is 10.0. The summed E-state index contributed by atoms with van der Waals surface area (Å²) >= 11 is 0. The van der Waals surface area contributed by atoms with E-state index in [1.807, 2.05) is 33.9 Å². The van der Waals surface area contributed by atoms with Crippen LogP contribution in [0.4, 0.5) is 0 Å². The second kappa shape index (κ2) is 5.03. The first-order chi connectivity index (χ1) is 8.88. The van der Waals surface area contributed by atoms with Crippen LogP contribution in [0, 0.1) is 12.8 Å². The molecule has 2 heterocycles. The average molecular weight is 264 g/mol. The van der Waals surface area contributed by atoms with E-state index in [1.54, 1.807) is 9.58 Å². The van der Waals surface area contributed by atoms with Gasteiger partial charge in [-0.1, -0.05) is 13.8 Å². The maximum atomic E-state index is 12.3. The molecule has 0 bridgehead atoms. The molecule has 104 valence electrons. The normalized spacial score (nSPS) is 20.1. The van der Waals surface area contributed by atoms with Crippen LogP contribution in [0.25, 0.3) is 0 Å². The molecule has 19 heavy (non-hydrogen) atoms. The molecule has 0 spiro atoms. The van der Waals surface area contributed by atoms with Crippen molar-refractivity contribution in [2.75, 3.05) is 6.54 Å². The van der Waals surface area contributed by atoms with Gasteiger partial charge < -0.3 is 10.2 Å². The summed E-state index contributed by atoms with van der Waals surface area (Å²) in [6.45, 7) is 6.31. The predicted molar refractivity (Wildman–Crippen MR) is 70.1 cm³/mol. The van der Waals surface area contributed by atoms with E-state index in [-0.39, 0.29) is 24.3 Å². The molecular formula is C13H20N4O2. The SMILES string of the molecule is Cc1cc(CN2CC(=O)NC(C(C)C)C2=O)n(C)n1. The van der Waals surface area contributed by atoms with Crippen molar-refractivity contribution in [1.82, 2.24) is 20.0 Å². The first-order valence-corrected chi connectivity index (χ1v) is 6.46. The fourth-order valence-electron chi connectivity index (χ4n) is 2.32. The summed E-state index contributed by atoms with van der Waals surface area (Å²) in [5, 5.41) is 7.00. The van der Waals surface area contributed by atoms with E-state index in [0.29, 0.717) is 6.54 Å². The molecule has 2 rings (SSSR count). The summed E-state index contributed by atoms with van der Waals surface area (Å²) in [5.74, 6) is -0.0295. The maximum absolute atomic E-state index is 12.3. The van der Waals surface area contributed by atoms with E-state index in [0.717, 1.165) is 11.4 Å². The van der Waals surface area contributed by atoms with Gasteiger partial charge in [-0.2, -0.15) is 5.10 Å². The van der Waals surface area contributed by atoms with Gasteiger partial charge in [-0.3, -0.25) is 14.3 Å². The fraction of sp³-hybridized carbons (Fsp3) is 0.615. The number of rotatable bonds is 3. The first-order valence-electron chi connectivity index (χ1n) is 6.46. The highest BCUT2D eigenvalue weighted by molar-refractivity contribution is 5.94. The van der Waals surface area contributed by atoms with Crippen molar-refractivity contribution in [2.45, 2.75) is 33.4 Å². The average Bonchev–Trinajstić information content (AvgIpc) is 2.61. The highest BCUT2D eigenvalue weighted by atomic mass is 16.2. The fourth-order valence-corrected chi connectivity index (χ4v) is 2.32. The first kappa shape index (κ1) is 13.6. The number of hydrogen-bond acceptors (Lipinski definition) is 3. The zero-order chi connectivity index (χ0) is 14.2. The van der Waals surface area contributed by atoms with Crippen molar-refractivity contribution >= 4 is 11.8 Å². The summed E-state index contributed by atoms with van der Waals surface area (Å²) in [6.07, 6.45) is 0. The lowest BCUT2D eigenvalue weighted by molar-refractivity contribution is -0.146. The number of aryl methyl sites for hydroxylation is 2. The Balaban J connectivity index is 2.17. The molecule has 1 atom stereocenters. The van der Waals surface area contributed by atoms with Gasteiger partial charge in [0.05, 0.1) is 17.9 Å². The van der Waals surface area contributed by atoms with Crippen molar-refractivity contribution < 1.29 is 9.59 Å². The summed E-state index contributed by atoms with van der Waals surface area (Å²) in [4.78, 5) is 25.6. The Kier molecular flexibility index (Phi) is 3.59. The van der Waals surface area contributed by atoms with Gasteiger partial charge in [0.15, 0.2) is 0 Å². The van der Waals surface area contributed by atoms with Crippen LogP contribution in [-0.2, 0) is 23.2 Å². The van der Waals surface area contributed by atoms with Crippen molar-refractivity contribution in [3.05, 3.63) is 17.5 Å². The number of aromatic nitrogens is 2. The molecule has 1 saturated heterocycles. The maximum Gasteiger partial charge on any atom is 0.246 e. The second-order valence-corrected chi connectivity index (χ2v) is 5.38. The molecule has 1 N–H and O–H groups in total. The Morgan fingerprint density at radius 3 is 2.68 bits per heavy atom. The zero-order valence-corrected chi connectivity index (χ0v) is 11.8. The number of nitrogens with one attached hydrogen (secondary N) is 1. The molecule has 0 radical (unpaired) electrons. The molecule has 0 aliphatic carbocycles.